The van der Waals surface area contributed by atoms with Crippen molar-refractivity contribution < 1.29 is 0 Å². The van der Waals surface area contributed by atoms with Crippen LogP contribution >= 0.6 is 0 Å². The zero-order valence-corrected chi connectivity index (χ0v) is 9.96. The monoisotopic (exact) mass is 206 g/mol. The molecule has 0 bridgehead atoms. The highest BCUT2D eigenvalue weighted by molar-refractivity contribution is 5.34. The summed E-state index contributed by atoms with van der Waals surface area (Å²) in [6, 6.07) is 8.28. The van der Waals surface area contributed by atoms with E-state index in [1.165, 1.54) is 11.1 Å². The summed E-state index contributed by atoms with van der Waals surface area (Å²) in [7, 11) is 0. The molecule has 15 heavy (non-hydrogen) atoms. The maximum Gasteiger partial charge on any atom is 0.0534 e. The molecule has 0 aliphatic carbocycles. The second-order valence-electron chi connectivity index (χ2n) is 4.48. The van der Waals surface area contributed by atoms with Crippen molar-refractivity contribution in [2.75, 3.05) is 0 Å². The summed E-state index contributed by atoms with van der Waals surface area (Å²) in [4.78, 5) is 0. The fourth-order valence-electron chi connectivity index (χ4n) is 1.78. The van der Waals surface area contributed by atoms with Crippen molar-refractivity contribution in [3.63, 3.8) is 0 Å². The van der Waals surface area contributed by atoms with Crippen LogP contribution in [0, 0.1) is 0 Å². The van der Waals surface area contributed by atoms with Crippen LogP contribution in [0.25, 0.3) is 0 Å². The van der Waals surface area contributed by atoms with Crippen molar-refractivity contribution in [1.82, 2.24) is 0 Å². The van der Waals surface area contributed by atoms with Crippen LogP contribution in [0.3, 0.4) is 0 Å². The Bertz CT molecular complexity index is 316. The number of aryl methyl sites for hydroxylation is 1. The minimum absolute atomic E-state index is 0.0458. The fourth-order valence-corrected chi connectivity index (χ4v) is 1.78. The molecular weight excluding hydrogens is 184 g/mol. The van der Waals surface area contributed by atoms with Crippen molar-refractivity contribution in [1.29, 1.82) is 0 Å². The number of hydrogen-bond donors (Lipinski definition) is 2. The SMILES string of the molecule is CCCc1ccccc1C(C)(N)C(C)N. The van der Waals surface area contributed by atoms with Gasteiger partial charge in [0.1, 0.15) is 0 Å². The van der Waals surface area contributed by atoms with E-state index in [2.05, 4.69) is 25.1 Å². The topological polar surface area (TPSA) is 52.0 Å². The maximum absolute atomic E-state index is 6.29. The maximum atomic E-state index is 6.29. The van der Waals surface area contributed by atoms with Gasteiger partial charge in [-0.15, -0.1) is 0 Å². The van der Waals surface area contributed by atoms with Gasteiger partial charge in [0.15, 0.2) is 0 Å². The Kier molecular flexibility index (Phi) is 3.89. The van der Waals surface area contributed by atoms with E-state index >= 15 is 0 Å². The van der Waals surface area contributed by atoms with Gasteiger partial charge in [-0.3, -0.25) is 0 Å². The highest BCUT2D eigenvalue weighted by atomic mass is 14.8. The molecule has 0 spiro atoms. The highest BCUT2D eigenvalue weighted by Crippen LogP contribution is 2.25. The zero-order valence-electron chi connectivity index (χ0n) is 9.96. The molecule has 0 radical (unpaired) electrons. The first-order valence-corrected chi connectivity index (χ1v) is 5.63. The van der Waals surface area contributed by atoms with Crippen LogP contribution < -0.4 is 11.5 Å². The first-order valence-electron chi connectivity index (χ1n) is 5.63. The lowest BCUT2D eigenvalue weighted by molar-refractivity contribution is 0.406. The van der Waals surface area contributed by atoms with Gasteiger partial charge in [0.2, 0.25) is 0 Å². The van der Waals surface area contributed by atoms with E-state index < -0.39 is 5.54 Å². The van der Waals surface area contributed by atoms with E-state index in [1.54, 1.807) is 0 Å². The van der Waals surface area contributed by atoms with Gasteiger partial charge in [-0.05, 0) is 31.4 Å². The molecule has 0 aliphatic rings. The van der Waals surface area contributed by atoms with Crippen LogP contribution in [0.15, 0.2) is 24.3 Å². The van der Waals surface area contributed by atoms with E-state index in [-0.39, 0.29) is 6.04 Å². The molecule has 1 aromatic rings. The molecule has 4 N–H and O–H groups in total. The van der Waals surface area contributed by atoms with E-state index in [0.717, 1.165) is 12.8 Å². The van der Waals surface area contributed by atoms with E-state index in [4.69, 9.17) is 11.5 Å². The van der Waals surface area contributed by atoms with Crippen molar-refractivity contribution in [3.05, 3.63) is 35.4 Å². The summed E-state index contributed by atoms with van der Waals surface area (Å²) in [5.41, 5.74) is 14.3. The Morgan fingerprint density at radius 1 is 1.33 bits per heavy atom. The number of benzene rings is 1. The largest absolute Gasteiger partial charge is 0.326 e. The van der Waals surface area contributed by atoms with Crippen molar-refractivity contribution in [3.8, 4) is 0 Å². The second kappa shape index (κ2) is 4.77. The minimum atomic E-state index is -0.439. The molecule has 84 valence electrons. The molecule has 0 heterocycles. The normalized spacial score (nSPS) is 17.1. The molecule has 0 fully saturated rings. The molecule has 2 heteroatoms. The Morgan fingerprint density at radius 2 is 1.93 bits per heavy atom. The van der Waals surface area contributed by atoms with Crippen molar-refractivity contribution >= 4 is 0 Å². The summed E-state index contributed by atoms with van der Waals surface area (Å²) < 4.78 is 0. The molecular formula is C13H22N2. The summed E-state index contributed by atoms with van der Waals surface area (Å²) in [6.07, 6.45) is 2.20. The van der Waals surface area contributed by atoms with Crippen LogP contribution in [-0.2, 0) is 12.0 Å². The Labute approximate surface area is 92.7 Å². The Hall–Kier alpha value is -0.860. The average Bonchev–Trinajstić information content (AvgIpc) is 2.18. The number of nitrogens with two attached hydrogens (primary N) is 2. The molecule has 0 saturated heterocycles. The first kappa shape index (κ1) is 12.2. The molecule has 0 aromatic heterocycles. The van der Waals surface area contributed by atoms with Gasteiger partial charge in [-0.2, -0.15) is 0 Å². The summed E-state index contributed by atoms with van der Waals surface area (Å²) in [5.74, 6) is 0. The molecule has 1 aromatic carbocycles. The van der Waals surface area contributed by atoms with Crippen LogP contribution in [0.5, 0.6) is 0 Å². The molecule has 1 rings (SSSR count). The van der Waals surface area contributed by atoms with Crippen LogP contribution in [-0.4, -0.2) is 6.04 Å². The zero-order chi connectivity index (χ0) is 11.5. The third kappa shape index (κ3) is 2.58. The van der Waals surface area contributed by atoms with Gasteiger partial charge in [-0.1, -0.05) is 37.6 Å². The summed E-state index contributed by atoms with van der Waals surface area (Å²) >= 11 is 0. The third-order valence-corrected chi connectivity index (χ3v) is 3.06. The van der Waals surface area contributed by atoms with E-state index in [9.17, 15) is 0 Å². The second-order valence-corrected chi connectivity index (χ2v) is 4.48. The van der Waals surface area contributed by atoms with Crippen LogP contribution in [0.1, 0.15) is 38.3 Å². The van der Waals surface area contributed by atoms with Gasteiger partial charge in [0.05, 0.1) is 5.54 Å². The Balaban J connectivity index is 3.12. The molecule has 0 saturated carbocycles. The standard InChI is InChI=1S/C13H22N2/c1-4-7-11-8-5-6-9-12(11)13(3,15)10(2)14/h5-6,8-10H,4,7,14-15H2,1-3H3. The van der Waals surface area contributed by atoms with Gasteiger partial charge >= 0.3 is 0 Å². The van der Waals surface area contributed by atoms with Gasteiger partial charge in [-0.25, -0.2) is 0 Å². The lowest BCUT2D eigenvalue weighted by Gasteiger charge is -2.31. The Morgan fingerprint density at radius 3 is 2.47 bits per heavy atom. The minimum Gasteiger partial charge on any atom is -0.326 e. The first-order chi connectivity index (χ1) is 7.00. The molecule has 2 atom stereocenters. The molecule has 0 aliphatic heterocycles. The summed E-state index contributed by atoms with van der Waals surface area (Å²) in [5, 5.41) is 0. The highest BCUT2D eigenvalue weighted by Gasteiger charge is 2.27. The molecule has 2 nitrogen and oxygen atoms in total. The lowest BCUT2D eigenvalue weighted by atomic mass is 9.83. The van der Waals surface area contributed by atoms with Gasteiger partial charge in [0.25, 0.3) is 0 Å². The van der Waals surface area contributed by atoms with Crippen LogP contribution in [0.2, 0.25) is 0 Å². The van der Waals surface area contributed by atoms with E-state index in [1.807, 2.05) is 19.9 Å². The lowest BCUT2D eigenvalue weighted by Crippen LogP contribution is -2.49. The third-order valence-electron chi connectivity index (χ3n) is 3.06. The van der Waals surface area contributed by atoms with Gasteiger partial charge in [0, 0.05) is 6.04 Å². The predicted molar refractivity (Wildman–Crippen MR) is 65.6 cm³/mol. The average molecular weight is 206 g/mol. The van der Waals surface area contributed by atoms with Gasteiger partial charge < -0.3 is 11.5 Å². The summed E-state index contributed by atoms with van der Waals surface area (Å²) in [6.45, 7) is 6.14. The quantitative estimate of drug-likeness (QED) is 0.793. The van der Waals surface area contributed by atoms with Crippen molar-refractivity contribution in [2.45, 2.75) is 45.2 Å². The van der Waals surface area contributed by atoms with Crippen LogP contribution in [0.4, 0.5) is 0 Å². The predicted octanol–water partition coefficient (Wildman–Crippen LogP) is 2.16. The van der Waals surface area contributed by atoms with Crippen molar-refractivity contribution in [2.24, 2.45) is 11.5 Å². The van der Waals surface area contributed by atoms with E-state index in [0.29, 0.717) is 0 Å². The molecule has 0 amide bonds. The smallest absolute Gasteiger partial charge is 0.0534 e. The molecule has 2 unspecified atom stereocenters. The fraction of sp³-hybridized carbons (Fsp3) is 0.538. The number of hydrogen-bond acceptors (Lipinski definition) is 2. The number of rotatable bonds is 4.